The summed E-state index contributed by atoms with van der Waals surface area (Å²) in [6.45, 7) is 0.963. The molecule has 0 spiro atoms. The number of amides is 2. The number of nitrogens with zero attached hydrogens (tertiary/aromatic N) is 1. The molecule has 0 unspecified atom stereocenters. The fourth-order valence-electron chi connectivity index (χ4n) is 3.78. The molecule has 0 bridgehead atoms. The van der Waals surface area contributed by atoms with Gasteiger partial charge in [0.2, 0.25) is 0 Å². The summed E-state index contributed by atoms with van der Waals surface area (Å²) in [5.74, 6) is 0.458. The van der Waals surface area contributed by atoms with E-state index >= 15 is 0 Å². The van der Waals surface area contributed by atoms with Crippen LogP contribution in [0.1, 0.15) is 24.9 Å². The van der Waals surface area contributed by atoms with E-state index in [0.29, 0.717) is 22.0 Å². The van der Waals surface area contributed by atoms with Crippen LogP contribution >= 0.6 is 11.6 Å². The number of carbonyl (C=O) groups is 1. The molecule has 0 aliphatic carbocycles. The molecule has 2 aromatic carbocycles. The molecule has 1 aliphatic heterocycles. The zero-order valence-corrected chi connectivity index (χ0v) is 17.3. The number of halogens is 2. The maximum atomic E-state index is 13.6. The largest absolute Gasteiger partial charge is 0.484 e. The Hall–Kier alpha value is -3.06. The third-order valence-corrected chi connectivity index (χ3v) is 5.58. The average molecular weight is 430 g/mol. The van der Waals surface area contributed by atoms with E-state index in [1.54, 1.807) is 50.4 Å². The lowest BCUT2D eigenvalue weighted by Gasteiger charge is -2.38. The molecule has 4 rings (SSSR count). The van der Waals surface area contributed by atoms with Crippen LogP contribution in [0.15, 0.2) is 53.3 Å². The van der Waals surface area contributed by atoms with Gasteiger partial charge in [-0.2, -0.15) is 0 Å². The van der Waals surface area contributed by atoms with Crippen LogP contribution < -0.4 is 20.9 Å². The highest BCUT2D eigenvalue weighted by Gasteiger charge is 2.38. The zero-order chi connectivity index (χ0) is 21.5. The second-order valence-corrected chi connectivity index (χ2v) is 8.13. The van der Waals surface area contributed by atoms with Gasteiger partial charge in [0.05, 0.1) is 17.2 Å². The maximum Gasteiger partial charge on any atom is 0.319 e. The lowest BCUT2D eigenvalue weighted by molar-refractivity contribution is 0.0263. The molecule has 6 nitrogen and oxygen atoms in total. The van der Waals surface area contributed by atoms with Crippen molar-refractivity contribution >= 4 is 34.2 Å². The number of rotatable bonds is 3. The second-order valence-electron chi connectivity index (χ2n) is 7.69. The SMILES string of the molecule is Cn1c(=O)ccc2c(NC(=O)N[C@@H]3C[C@@](C)(CF)Oc4cc(Cl)ccc43)cccc21. The number of pyridine rings is 1. The number of aryl methyl sites for hydroxylation is 1. The van der Waals surface area contributed by atoms with Crippen LogP contribution in [0.5, 0.6) is 5.75 Å². The topological polar surface area (TPSA) is 72.4 Å². The van der Waals surface area contributed by atoms with Crippen molar-refractivity contribution in [2.24, 2.45) is 7.05 Å². The number of fused-ring (bicyclic) bond motifs is 2. The molecule has 0 saturated carbocycles. The van der Waals surface area contributed by atoms with Crippen molar-refractivity contribution in [1.29, 1.82) is 0 Å². The number of aromatic nitrogens is 1. The standard InChI is InChI=1S/C22H21ClFN3O3/c1-22(12-24)11-17(15-7-6-13(23)10-19(15)30-22)26-21(29)25-16-4-3-5-18-14(16)8-9-20(28)27(18)2/h3-10,17H,11-12H2,1-2H3,(H2,25,26,29)/t17-,22+/m1/s1. The molecule has 156 valence electrons. The van der Waals surface area contributed by atoms with Crippen molar-refractivity contribution in [3.8, 4) is 5.75 Å². The predicted octanol–water partition coefficient (Wildman–Crippen LogP) is 4.57. The summed E-state index contributed by atoms with van der Waals surface area (Å²) in [6, 6.07) is 12.7. The van der Waals surface area contributed by atoms with E-state index in [-0.39, 0.29) is 12.0 Å². The minimum Gasteiger partial charge on any atom is -0.484 e. The monoisotopic (exact) mass is 429 g/mol. The van der Waals surface area contributed by atoms with Gasteiger partial charge in [0.15, 0.2) is 0 Å². The number of hydrogen-bond donors (Lipinski definition) is 2. The summed E-state index contributed by atoms with van der Waals surface area (Å²) in [7, 11) is 1.68. The Bertz CT molecular complexity index is 1200. The molecule has 0 radical (unpaired) electrons. The van der Waals surface area contributed by atoms with Crippen molar-refractivity contribution in [1.82, 2.24) is 9.88 Å². The molecule has 2 atom stereocenters. The van der Waals surface area contributed by atoms with Crippen LogP contribution in [-0.4, -0.2) is 22.9 Å². The molecule has 0 fully saturated rings. The van der Waals surface area contributed by atoms with E-state index in [1.165, 1.54) is 10.6 Å². The van der Waals surface area contributed by atoms with Crippen molar-refractivity contribution < 1.29 is 13.9 Å². The summed E-state index contributed by atoms with van der Waals surface area (Å²) < 4.78 is 21.0. The van der Waals surface area contributed by atoms with E-state index in [2.05, 4.69) is 10.6 Å². The van der Waals surface area contributed by atoms with Crippen LogP contribution in [-0.2, 0) is 7.05 Å². The molecule has 0 saturated heterocycles. The first-order valence-corrected chi connectivity index (χ1v) is 9.88. The van der Waals surface area contributed by atoms with E-state index in [4.69, 9.17) is 16.3 Å². The van der Waals surface area contributed by atoms with Crippen LogP contribution in [0.2, 0.25) is 5.02 Å². The van der Waals surface area contributed by atoms with Gasteiger partial charge in [0, 0.05) is 35.5 Å². The number of urea groups is 1. The fourth-order valence-corrected chi connectivity index (χ4v) is 3.94. The number of anilines is 1. The summed E-state index contributed by atoms with van der Waals surface area (Å²) in [5.41, 5.74) is 0.814. The van der Waals surface area contributed by atoms with Gasteiger partial charge in [-0.05, 0) is 37.3 Å². The van der Waals surface area contributed by atoms with Crippen molar-refractivity contribution in [3.05, 3.63) is 69.5 Å². The first kappa shape index (κ1) is 20.2. The Balaban J connectivity index is 1.61. The zero-order valence-electron chi connectivity index (χ0n) is 16.5. The number of carbonyl (C=O) groups excluding carboxylic acids is 1. The number of nitrogens with one attached hydrogen (secondary N) is 2. The maximum absolute atomic E-state index is 13.6. The van der Waals surface area contributed by atoms with E-state index in [9.17, 15) is 14.0 Å². The Labute approximate surface area is 177 Å². The molecule has 1 aliphatic rings. The van der Waals surface area contributed by atoms with Gasteiger partial charge in [-0.1, -0.05) is 23.7 Å². The Morgan fingerprint density at radius 3 is 2.87 bits per heavy atom. The van der Waals surface area contributed by atoms with Gasteiger partial charge in [-0.3, -0.25) is 4.79 Å². The summed E-state index contributed by atoms with van der Waals surface area (Å²) in [6.07, 6.45) is 0.273. The number of ether oxygens (including phenoxy) is 1. The first-order chi connectivity index (χ1) is 14.3. The summed E-state index contributed by atoms with van der Waals surface area (Å²) in [5, 5.41) is 6.97. The number of alkyl halides is 1. The Kier molecular flexibility index (Phi) is 5.15. The van der Waals surface area contributed by atoms with E-state index in [0.717, 1.165) is 10.9 Å². The highest BCUT2D eigenvalue weighted by Crippen LogP contribution is 2.41. The third-order valence-electron chi connectivity index (χ3n) is 5.35. The smallest absolute Gasteiger partial charge is 0.319 e. The van der Waals surface area contributed by atoms with Gasteiger partial charge in [0.25, 0.3) is 5.56 Å². The molecule has 3 aromatic rings. The van der Waals surface area contributed by atoms with Gasteiger partial charge in [0.1, 0.15) is 18.0 Å². The van der Waals surface area contributed by atoms with Crippen LogP contribution in [0.4, 0.5) is 14.9 Å². The van der Waals surface area contributed by atoms with Crippen LogP contribution in [0.3, 0.4) is 0 Å². The minimum atomic E-state index is -1.06. The normalized spacial score (nSPS) is 20.3. The van der Waals surface area contributed by atoms with E-state index < -0.39 is 24.3 Å². The fraction of sp³-hybridized carbons (Fsp3) is 0.273. The number of hydrogen-bond acceptors (Lipinski definition) is 3. The molecule has 2 heterocycles. The highest BCUT2D eigenvalue weighted by molar-refractivity contribution is 6.30. The molecule has 2 N–H and O–H groups in total. The third kappa shape index (κ3) is 3.73. The van der Waals surface area contributed by atoms with Crippen molar-refractivity contribution in [2.45, 2.75) is 25.0 Å². The lowest BCUT2D eigenvalue weighted by atomic mass is 9.89. The lowest BCUT2D eigenvalue weighted by Crippen LogP contribution is -2.45. The molecule has 1 aromatic heterocycles. The van der Waals surface area contributed by atoms with Gasteiger partial charge >= 0.3 is 6.03 Å². The molecular formula is C22H21ClFN3O3. The highest BCUT2D eigenvalue weighted by atomic mass is 35.5. The molecule has 2 amide bonds. The van der Waals surface area contributed by atoms with Crippen molar-refractivity contribution in [3.63, 3.8) is 0 Å². The first-order valence-electron chi connectivity index (χ1n) is 9.50. The minimum absolute atomic E-state index is 0.132. The van der Waals surface area contributed by atoms with Gasteiger partial charge in [-0.25, -0.2) is 9.18 Å². The summed E-state index contributed by atoms with van der Waals surface area (Å²) >= 11 is 6.06. The second kappa shape index (κ2) is 7.65. The predicted molar refractivity (Wildman–Crippen MR) is 115 cm³/mol. The number of benzene rings is 2. The average Bonchev–Trinajstić information content (AvgIpc) is 2.70. The molecule has 8 heteroatoms. The molecular weight excluding hydrogens is 409 g/mol. The van der Waals surface area contributed by atoms with Crippen LogP contribution in [0, 0.1) is 0 Å². The quantitative estimate of drug-likeness (QED) is 0.640. The van der Waals surface area contributed by atoms with E-state index in [1.807, 2.05) is 6.07 Å². The Morgan fingerprint density at radius 1 is 1.30 bits per heavy atom. The van der Waals surface area contributed by atoms with Crippen molar-refractivity contribution in [2.75, 3.05) is 12.0 Å². The van der Waals surface area contributed by atoms with Crippen LogP contribution in [0.25, 0.3) is 10.9 Å². The molecule has 30 heavy (non-hydrogen) atoms. The van der Waals surface area contributed by atoms with Gasteiger partial charge < -0.3 is 19.9 Å². The van der Waals surface area contributed by atoms with Gasteiger partial charge in [-0.15, -0.1) is 0 Å². The Morgan fingerprint density at radius 2 is 2.10 bits per heavy atom. The summed E-state index contributed by atoms with van der Waals surface area (Å²) in [4.78, 5) is 24.7.